The maximum absolute atomic E-state index is 13.2. The van der Waals surface area contributed by atoms with Gasteiger partial charge in [0.2, 0.25) is 21.8 Å². The highest BCUT2D eigenvalue weighted by Gasteiger charge is 2.35. The number of anilines is 1. The molecule has 1 aromatic carbocycles. The molecule has 1 aromatic heterocycles. The molecule has 2 aromatic rings. The Morgan fingerprint density at radius 3 is 2.67 bits per heavy atom. The van der Waals surface area contributed by atoms with Crippen LogP contribution in [0.2, 0.25) is 4.34 Å². The highest BCUT2D eigenvalue weighted by molar-refractivity contribution is 7.92. The van der Waals surface area contributed by atoms with Crippen molar-refractivity contribution in [3.8, 4) is 0 Å². The van der Waals surface area contributed by atoms with E-state index in [9.17, 15) is 27.6 Å². The van der Waals surface area contributed by atoms with Gasteiger partial charge in [-0.2, -0.15) is 4.72 Å². The zero-order valence-electron chi connectivity index (χ0n) is 22.9. The van der Waals surface area contributed by atoms with E-state index in [0.717, 1.165) is 11.8 Å². The normalized spacial score (nSPS) is 19.2. The molecule has 0 saturated carbocycles. The molecule has 0 radical (unpaired) electrons. The van der Waals surface area contributed by atoms with E-state index >= 15 is 0 Å². The van der Waals surface area contributed by atoms with Crippen molar-refractivity contribution in [2.24, 2.45) is 0 Å². The van der Waals surface area contributed by atoms with Gasteiger partial charge in [-0.05, 0) is 62.1 Å². The first-order chi connectivity index (χ1) is 20.0. The number of ether oxygens (including phenoxy) is 1. The van der Waals surface area contributed by atoms with E-state index in [0.29, 0.717) is 52.8 Å². The molecular formula is C27H32ClN5O7S2. The van der Waals surface area contributed by atoms with Crippen molar-refractivity contribution >= 4 is 68.5 Å². The number of sulfonamides is 1. The molecule has 2 aliphatic heterocycles. The number of hydrogen-bond donors (Lipinski definition) is 3. The lowest BCUT2D eigenvalue weighted by Gasteiger charge is -2.34. The van der Waals surface area contributed by atoms with Gasteiger partial charge in [-0.15, -0.1) is 11.3 Å². The first-order valence-electron chi connectivity index (χ1n) is 13.3. The lowest BCUT2D eigenvalue weighted by molar-refractivity contribution is -0.143. The Morgan fingerprint density at radius 2 is 1.93 bits per heavy atom. The number of amides is 4. The van der Waals surface area contributed by atoms with E-state index in [4.69, 9.17) is 16.3 Å². The molecule has 0 unspecified atom stereocenters. The van der Waals surface area contributed by atoms with Gasteiger partial charge in [-0.3, -0.25) is 9.59 Å². The van der Waals surface area contributed by atoms with Crippen LogP contribution in [-0.4, -0.2) is 87.4 Å². The Balaban J connectivity index is 1.28. The van der Waals surface area contributed by atoms with Crippen LogP contribution in [0.25, 0.3) is 6.08 Å². The number of hydrogen-bond acceptors (Lipinski definition) is 8. The van der Waals surface area contributed by atoms with Gasteiger partial charge in [0.1, 0.15) is 6.04 Å². The molecule has 15 heteroatoms. The molecule has 2 fully saturated rings. The summed E-state index contributed by atoms with van der Waals surface area (Å²) in [5, 5.41) is 6.42. The number of nitrogens with one attached hydrogen (secondary N) is 3. The molecule has 4 rings (SSSR count). The van der Waals surface area contributed by atoms with Crippen molar-refractivity contribution in [3.63, 3.8) is 0 Å². The van der Waals surface area contributed by atoms with Crippen LogP contribution in [0.5, 0.6) is 0 Å². The summed E-state index contributed by atoms with van der Waals surface area (Å²) in [5.41, 5.74) is 0.709. The van der Waals surface area contributed by atoms with Gasteiger partial charge in [-0.1, -0.05) is 17.7 Å². The number of carbonyl (C=O) groups excluding carboxylic acids is 4. The summed E-state index contributed by atoms with van der Waals surface area (Å²) in [4.78, 5) is 54.2. The summed E-state index contributed by atoms with van der Waals surface area (Å²) in [5.74, 6) is -1.24. The minimum Gasteiger partial charge on any atom is -0.465 e. The van der Waals surface area contributed by atoms with E-state index in [1.807, 2.05) is 0 Å². The third-order valence-corrected chi connectivity index (χ3v) is 9.21. The maximum Gasteiger partial charge on any atom is 0.337 e. The fraction of sp³-hybridized carbons (Fsp3) is 0.407. The second-order valence-corrected chi connectivity index (χ2v) is 13.2. The molecule has 0 aliphatic carbocycles. The lowest BCUT2D eigenvalue weighted by atomic mass is 10.1. The molecule has 0 spiro atoms. The zero-order chi connectivity index (χ0) is 30.3. The summed E-state index contributed by atoms with van der Waals surface area (Å²) < 4.78 is 32.8. The molecule has 42 heavy (non-hydrogen) atoms. The Labute approximate surface area is 253 Å². The number of methoxy groups -OCH3 is 1. The third-order valence-electron chi connectivity index (χ3n) is 6.91. The van der Waals surface area contributed by atoms with Crippen molar-refractivity contribution < 1.29 is 32.3 Å². The first kappa shape index (κ1) is 31.5. The fourth-order valence-electron chi connectivity index (χ4n) is 4.88. The molecule has 4 amide bonds. The molecule has 2 atom stereocenters. The number of halogens is 1. The van der Waals surface area contributed by atoms with E-state index in [2.05, 4.69) is 15.4 Å². The van der Waals surface area contributed by atoms with E-state index in [1.165, 1.54) is 35.5 Å². The lowest BCUT2D eigenvalue weighted by Crippen LogP contribution is -2.55. The van der Waals surface area contributed by atoms with Crippen LogP contribution in [0.4, 0.5) is 10.5 Å². The van der Waals surface area contributed by atoms with Crippen molar-refractivity contribution in [2.45, 2.75) is 37.8 Å². The van der Waals surface area contributed by atoms with Gasteiger partial charge < -0.3 is 25.2 Å². The molecule has 2 saturated heterocycles. The second kappa shape index (κ2) is 14.1. The third kappa shape index (κ3) is 8.53. The number of nitrogens with zero attached hydrogens (tertiary/aromatic N) is 2. The number of piperidine rings is 1. The monoisotopic (exact) mass is 637 g/mol. The molecule has 3 heterocycles. The smallest absolute Gasteiger partial charge is 0.337 e. The largest absolute Gasteiger partial charge is 0.465 e. The van der Waals surface area contributed by atoms with Crippen molar-refractivity contribution in [1.29, 1.82) is 0 Å². The predicted molar refractivity (Wildman–Crippen MR) is 160 cm³/mol. The number of likely N-dealkylation sites (tertiary alicyclic amines) is 2. The SMILES string of the molecule is COC(=O)c1cccc(NC(=O)NC[C@@H]2CCCN2C(=O)CN2CCC[C@H](NS(=O)(=O)/C=C/c3ccc(Cl)s3)C2=O)c1. The summed E-state index contributed by atoms with van der Waals surface area (Å²) in [6.07, 6.45) is 3.71. The Bertz CT molecular complexity index is 1460. The highest BCUT2D eigenvalue weighted by Crippen LogP contribution is 2.23. The minimum absolute atomic E-state index is 0.177. The van der Waals surface area contributed by atoms with Crippen LogP contribution in [0.3, 0.4) is 0 Å². The van der Waals surface area contributed by atoms with Crippen molar-refractivity contribution in [1.82, 2.24) is 19.8 Å². The molecule has 0 bridgehead atoms. The standard InChI is InChI=1S/C27H32ClN5O7S2/c1-40-26(36)18-5-2-6-19(15-18)30-27(37)29-16-20-7-3-13-33(20)24(34)17-32-12-4-8-22(25(32)35)31-42(38,39)14-11-21-9-10-23(28)41-21/h2,5-6,9-11,14-15,20,22,31H,3-4,7-8,12-13,16-17H2,1H3,(H2,29,30,37)/b14-11+/t20-,22-/m0/s1. The number of thiophene rings is 1. The summed E-state index contributed by atoms with van der Waals surface area (Å²) >= 11 is 7.11. The highest BCUT2D eigenvalue weighted by atomic mass is 35.5. The van der Waals surface area contributed by atoms with Crippen LogP contribution >= 0.6 is 22.9 Å². The number of esters is 1. The van der Waals surface area contributed by atoms with E-state index < -0.39 is 34.0 Å². The quantitative estimate of drug-likeness (QED) is 0.339. The van der Waals surface area contributed by atoms with Crippen LogP contribution in [0.15, 0.2) is 41.8 Å². The van der Waals surface area contributed by atoms with Gasteiger partial charge >= 0.3 is 12.0 Å². The maximum atomic E-state index is 13.2. The molecule has 2 aliphatic rings. The number of carbonyl (C=O) groups is 4. The van der Waals surface area contributed by atoms with Crippen molar-refractivity contribution in [2.75, 3.05) is 38.6 Å². The fourth-order valence-corrected chi connectivity index (χ4v) is 6.95. The van der Waals surface area contributed by atoms with Gasteiger partial charge in [0.15, 0.2) is 0 Å². The van der Waals surface area contributed by atoms with Crippen LogP contribution in [-0.2, 0) is 24.3 Å². The van der Waals surface area contributed by atoms with Crippen LogP contribution in [0, 0.1) is 0 Å². The molecule has 3 N–H and O–H groups in total. The summed E-state index contributed by atoms with van der Waals surface area (Å²) in [6.45, 7) is 0.857. The summed E-state index contributed by atoms with van der Waals surface area (Å²) in [7, 11) is -2.63. The molecular weight excluding hydrogens is 606 g/mol. The number of rotatable bonds is 10. The first-order valence-corrected chi connectivity index (χ1v) is 16.1. The summed E-state index contributed by atoms with van der Waals surface area (Å²) in [6, 6.07) is 7.96. The minimum atomic E-state index is -3.90. The van der Waals surface area contributed by atoms with Gasteiger partial charge in [-0.25, -0.2) is 18.0 Å². The zero-order valence-corrected chi connectivity index (χ0v) is 25.3. The average Bonchev–Trinajstić information content (AvgIpc) is 3.61. The predicted octanol–water partition coefficient (Wildman–Crippen LogP) is 2.88. The Morgan fingerprint density at radius 1 is 1.14 bits per heavy atom. The molecule has 226 valence electrons. The van der Waals surface area contributed by atoms with E-state index in [1.54, 1.807) is 35.2 Å². The second-order valence-electron chi connectivity index (χ2n) is 9.85. The van der Waals surface area contributed by atoms with E-state index in [-0.39, 0.29) is 25.0 Å². The topological polar surface area (TPSA) is 154 Å². The Hall–Kier alpha value is -3.46. The van der Waals surface area contributed by atoms with Crippen LogP contribution < -0.4 is 15.4 Å². The van der Waals surface area contributed by atoms with Gasteiger partial charge in [0.25, 0.3) is 0 Å². The van der Waals surface area contributed by atoms with Crippen LogP contribution in [0.1, 0.15) is 40.9 Å². The molecule has 12 nitrogen and oxygen atoms in total. The van der Waals surface area contributed by atoms with Gasteiger partial charge in [0.05, 0.1) is 23.6 Å². The van der Waals surface area contributed by atoms with Crippen molar-refractivity contribution in [3.05, 3.63) is 56.6 Å². The van der Waals surface area contributed by atoms with Gasteiger partial charge in [0, 0.05) is 41.6 Å². The average molecular weight is 638 g/mol. The number of urea groups is 1. The number of benzene rings is 1. The Kier molecular flexibility index (Phi) is 10.6.